The second-order valence-electron chi connectivity index (χ2n) is 7.27. The molecule has 1 atom stereocenters. The minimum Gasteiger partial charge on any atom is -0.357 e. The van der Waals surface area contributed by atoms with E-state index in [1.807, 2.05) is 66.7 Å². The van der Waals surface area contributed by atoms with E-state index in [9.17, 15) is 9.59 Å². The molecule has 0 aromatic heterocycles. The summed E-state index contributed by atoms with van der Waals surface area (Å²) < 4.78 is 0.926. The number of rotatable bonds is 8. The predicted octanol–water partition coefficient (Wildman–Crippen LogP) is 5.03. The topological polar surface area (TPSA) is 49.4 Å². The highest BCUT2D eigenvalue weighted by Crippen LogP contribution is 2.19. The smallest absolute Gasteiger partial charge is 0.242 e. The van der Waals surface area contributed by atoms with Crippen molar-refractivity contribution >= 4 is 39.3 Å². The molecule has 0 saturated carbocycles. The molecule has 31 heavy (non-hydrogen) atoms. The van der Waals surface area contributed by atoms with Crippen LogP contribution >= 0.6 is 27.5 Å². The Morgan fingerprint density at radius 3 is 2.26 bits per heavy atom. The molecule has 6 heteroatoms. The van der Waals surface area contributed by atoms with Crippen LogP contribution in [0.4, 0.5) is 0 Å². The first kappa shape index (κ1) is 23.0. The van der Waals surface area contributed by atoms with E-state index in [1.165, 1.54) is 0 Å². The molecule has 1 N–H and O–H groups in total. The van der Waals surface area contributed by atoms with Crippen molar-refractivity contribution in [3.8, 4) is 0 Å². The molecule has 0 saturated heterocycles. The van der Waals surface area contributed by atoms with Crippen LogP contribution in [0.15, 0.2) is 83.3 Å². The lowest BCUT2D eigenvalue weighted by Crippen LogP contribution is -2.50. The zero-order chi connectivity index (χ0) is 22.2. The van der Waals surface area contributed by atoms with Crippen molar-refractivity contribution in [1.29, 1.82) is 0 Å². The van der Waals surface area contributed by atoms with Crippen molar-refractivity contribution in [2.45, 2.75) is 25.4 Å². The van der Waals surface area contributed by atoms with Gasteiger partial charge in [-0.3, -0.25) is 9.59 Å². The van der Waals surface area contributed by atoms with Gasteiger partial charge in [-0.1, -0.05) is 82.1 Å². The normalized spacial score (nSPS) is 11.6. The fourth-order valence-electron chi connectivity index (χ4n) is 3.43. The number of carbonyl (C=O) groups excluding carboxylic acids is 2. The van der Waals surface area contributed by atoms with Gasteiger partial charge in [-0.05, 0) is 41.0 Å². The molecule has 0 bridgehead atoms. The minimum absolute atomic E-state index is 0.119. The van der Waals surface area contributed by atoms with Gasteiger partial charge in [0, 0.05) is 29.5 Å². The summed E-state index contributed by atoms with van der Waals surface area (Å²) in [6, 6.07) is 24.1. The fourth-order valence-corrected chi connectivity index (χ4v) is 4.00. The van der Waals surface area contributed by atoms with Crippen molar-refractivity contribution in [2.75, 3.05) is 7.05 Å². The van der Waals surface area contributed by atoms with E-state index in [4.69, 9.17) is 11.6 Å². The Kier molecular flexibility index (Phi) is 8.27. The van der Waals surface area contributed by atoms with Gasteiger partial charge in [0.05, 0.1) is 6.42 Å². The van der Waals surface area contributed by atoms with Gasteiger partial charge in [0.25, 0.3) is 0 Å². The summed E-state index contributed by atoms with van der Waals surface area (Å²) in [4.78, 5) is 28.0. The highest BCUT2D eigenvalue weighted by molar-refractivity contribution is 9.10. The lowest BCUT2D eigenvalue weighted by Gasteiger charge is -2.31. The van der Waals surface area contributed by atoms with Crippen molar-refractivity contribution in [3.05, 3.63) is 105 Å². The molecule has 3 aromatic rings. The van der Waals surface area contributed by atoms with Gasteiger partial charge in [0.2, 0.25) is 11.8 Å². The quantitative estimate of drug-likeness (QED) is 0.472. The molecule has 160 valence electrons. The highest BCUT2D eigenvalue weighted by atomic mass is 79.9. The third-order valence-corrected chi connectivity index (χ3v) is 5.77. The van der Waals surface area contributed by atoms with E-state index in [1.54, 1.807) is 24.1 Å². The van der Waals surface area contributed by atoms with Crippen LogP contribution in [0.1, 0.15) is 16.7 Å². The van der Waals surface area contributed by atoms with E-state index < -0.39 is 6.04 Å². The van der Waals surface area contributed by atoms with Crippen LogP contribution in [-0.4, -0.2) is 29.8 Å². The van der Waals surface area contributed by atoms with Crippen LogP contribution in [0.2, 0.25) is 5.02 Å². The monoisotopic (exact) mass is 498 g/mol. The first-order valence-electron chi connectivity index (χ1n) is 10.00. The van der Waals surface area contributed by atoms with E-state index in [2.05, 4.69) is 21.2 Å². The van der Waals surface area contributed by atoms with Gasteiger partial charge < -0.3 is 10.2 Å². The Morgan fingerprint density at radius 1 is 0.935 bits per heavy atom. The lowest BCUT2D eigenvalue weighted by molar-refractivity contribution is -0.140. The molecule has 0 unspecified atom stereocenters. The van der Waals surface area contributed by atoms with Crippen LogP contribution in [-0.2, 0) is 29.0 Å². The SMILES string of the molecule is CNC(=O)[C@@H](Cc1ccccc1)N(Cc1cccc(Br)c1)C(=O)Cc1ccc(Cl)cc1. The van der Waals surface area contributed by atoms with Gasteiger partial charge in [0.1, 0.15) is 6.04 Å². The molecule has 3 aromatic carbocycles. The maximum Gasteiger partial charge on any atom is 0.242 e. The molecule has 0 heterocycles. The fraction of sp³-hybridized carbons (Fsp3) is 0.200. The number of likely N-dealkylation sites (N-methyl/N-ethyl adjacent to an activating group) is 1. The first-order chi connectivity index (χ1) is 15.0. The molecule has 2 amide bonds. The number of nitrogens with zero attached hydrogens (tertiary/aromatic N) is 1. The Morgan fingerprint density at radius 2 is 1.61 bits per heavy atom. The molecule has 0 fully saturated rings. The van der Waals surface area contributed by atoms with E-state index >= 15 is 0 Å². The van der Waals surface area contributed by atoms with Crippen LogP contribution in [0.5, 0.6) is 0 Å². The number of benzene rings is 3. The Hall–Kier alpha value is -2.63. The van der Waals surface area contributed by atoms with Crippen LogP contribution in [0.3, 0.4) is 0 Å². The Balaban J connectivity index is 1.93. The number of nitrogens with one attached hydrogen (secondary N) is 1. The summed E-state index contributed by atoms with van der Waals surface area (Å²) in [6.07, 6.45) is 0.619. The van der Waals surface area contributed by atoms with Gasteiger partial charge in [-0.2, -0.15) is 0 Å². The van der Waals surface area contributed by atoms with Crippen molar-refractivity contribution in [3.63, 3.8) is 0 Å². The average Bonchev–Trinajstić information content (AvgIpc) is 2.78. The second-order valence-corrected chi connectivity index (χ2v) is 8.63. The van der Waals surface area contributed by atoms with E-state index in [0.717, 1.165) is 21.2 Å². The summed E-state index contributed by atoms with van der Waals surface area (Å²) in [6.45, 7) is 0.330. The van der Waals surface area contributed by atoms with Gasteiger partial charge in [0.15, 0.2) is 0 Å². The number of hydrogen-bond acceptors (Lipinski definition) is 2. The average molecular weight is 500 g/mol. The molecular weight excluding hydrogens is 476 g/mol. The first-order valence-corrected chi connectivity index (χ1v) is 11.2. The number of amides is 2. The Labute approximate surface area is 196 Å². The molecule has 0 spiro atoms. The summed E-state index contributed by atoms with van der Waals surface area (Å²) in [5.41, 5.74) is 2.79. The summed E-state index contributed by atoms with van der Waals surface area (Å²) in [7, 11) is 1.60. The van der Waals surface area contributed by atoms with Gasteiger partial charge in [-0.25, -0.2) is 0 Å². The van der Waals surface area contributed by atoms with Crippen molar-refractivity contribution in [2.24, 2.45) is 0 Å². The predicted molar refractivity (Wildman–Crippen MR) is 128 cm³/mol. The third kappa shape index (κ3) is 6.68. The highest BCUT2D eigenvalue weighted by Gasteiger charge is 2.29. The molecular formula is C25H24BrClN2O2. The zero-order valence-corrected chi connectivity index (χ0v) is 19.6. The maximum absolute atomic E-state index is 13.4. The number of carbonyl (C=O) groups is 2. The van der Waals surface area contributed by atoms with Crippen LogP contribution in [0.25, 0.3) is 0 Å². The van der Waals surface area contributed by atoms with Gasteiger partial charge >= 0.3 is 0 Å². The van der Waals surface area contributed by atoms with Crippen LogP contribution < -0.4 is 5.32 Å². The summed E-state index contributed by atoms with van der Waals surface area (Å²) >= 11 is 9.47. The lowest BCUT2D eigenvalue weighted by atomic mass is 10.0. The zero-order valence-electron chi connectivity index (χ0n) is 17.2. The standard InChI is InChI=1S/C25H24BrClN2O2/c1-28-25(31)23(15-18-6-3-2-4-7-18)29(17-20-8-5-9-21(26)14-20)24(30)16-19-10-12-22(27)13-11-19/h2-14,23H,15-17H2,1H3,(H,28,31)/t23-/m1/s1. The molecule has 3 rings (SSSR count). The van der Waals surface area contributed by atoms with Crippen molar-refractivity contribution < 1.29 is 9.59 Å². The third-order valence-electron chi connectivity index (χ3n) is 5.03. The van der Waals surface area contributed by atoms with Crippen LogP contribution in [0, 0.1) is 0 Å². The van der Waals surface area contributed by atoms with Crippen molar-refractivity contribution in [1.82, 2.24) is 10.2 Å². The van der Waals surface area contributed by atoms with E-state index in [0.29, 0.717) is 18.0 Å². The molecule has 0 aliphatic rings. The number of hydrogen-bond donors (Lipinski definition) is 1. The molecule has 0 aliphatic carbocycles. The largest absolute Gasteiger partial charge is 0.357 e. The van der Waals surface area contributed by atoms with Gasteiger partial charge in [-0.15, -0.1) is 0 Å². The molecule has 0 aliphatic heterocycles. The molecule has 4 nitrogen and oxygen atoms in total. The Bertz CT molecular complexity index is 1030. The second kappa shape index (κ2) is 11.1. The van der Waals surface area contributed by atoms with E-state index in [-0.39, 0.29) is 18.2 Å². The number of halogens is 2. The minimum atomic E-state index is -0.633. The summed E-state index contributed by atoms with van der Waals surface area (Å²) in [5.74, 6) is -0.310. The maximum atomic E-state index is 13.4. The summed E-state index contributed by atoms with van der Waals surface area (Å²) in [5, 5.41) is 3.35. The molecule has 0 radical (unpaired) electrons.